The molecule has 2 nitrogen and oxygen atoms in total. The number of hydrogen-bond donors (Lipinski definition) is 0. The Morgan fingerprint density at radius 3 is 2.16 bits per heavy atom. The topological polar surface area (TPSA) is 25.8 Å². The zero-order valence-electron chi connectivity index (χ0n) is 29.2. The van der Waals surface area contributed by atoms with Gasteiger partial charge in [0.15, 0.2) is 0 Å². The summed E-state index contributed by atoms with van der Waals surface area (Å²) in [4.78, 5) is 8.47. The second-order valence-electron chi connectivity index (χ2n) is 8.34. The third-order valence-electron chi connectivity index (χ3n) is 5.82. The average molecular weight is 678 g/mol. The number of benzene rings is 4. The van der Waals surface area contributed by atoms with Crippen LogP contribution in [0.4, 0.5) is 0 Å². The Morgan fingerprint density at radius 2 is 1.42 bits per heavy atom. The molecular weight excluding hydrogens is 641 g/mol. The van der Waals surface area contributed by atoms with Crippen LogP contribution in [-0.4, -0.2) is 9.97 Å². The van der Waals surface area contributed by atoms with Gasteiger partial charge in [-0.3, -0.25) is 0 Å². The zero-order chi connectivity index (χ0) is 33.1. The third kappa shape index (κ3) is 6.31. The number of aromatic nitrogens is 2. The minimum atomic E-state index is -2.24. The average Bonchev–Trinajstić information content (AvgIpc) is 3.04. The standard InChI is InChI=1S/C22H16N.C13H12N.Ir/c1-16-15-23-22(18-9-3-2-4-10-18)14-21(16)20-13-7-11-17-8-5-6-12-19(17)20;1-10-3-6-12(7-4-10)13-8-5-11(2)9-14-13;/h2-9,11-15H,1H3;3-6,8-9H,1-2H3;/q2*-1;/i1D3;1D3,2D3;. The van der Waals surface area contributed by atoms with E-state index in [0.29, 0.717) is 22.5 Å². The van der Waals surface area contributed by atoms with Gasteiger partial charge < -0.3 is 9.97 Å². The quantitative estimate of drug-likeness (QED) is 0.175. The molecule has 38 heavy (non-hydrogen) atoms. The van der Waals surface area contributed by atoms with Gasteiger partial charge in [0.05, 0.1) is 0 Å². The smallest absolute Gasteiger partial charge is 0.0280 e. The number of aryl methyl sites for hydroxylation is 3. The fraction of sp³-hybridized carbons (Fsp3) is 0.0857. The van der Waals surface area contributed by atoms with Crippen LogP contribution in [0.5, 0.6) is 0 Å². The first-order valence-electron chi connectivity index (χ1n) is 16.2. The number of rotatable bonds is 3. The Morgan fingerprint density at radius 1 is 0.632 bits per heavy atom. The molecule has 0 aliphatic carbocycles. The van der Waals surface area contributed by atoms with Crippen molar-refractivity contribution in [3.8, 4) is 33.6 Å². The van der Waals surface area contributed by atoms with Gasteiger partial charge >= 0.3 is 0 Å². The molecule has 2 heterocycles. The Hall–Kier alpha value is -3.91. The SMILES string of the molecule is [2H]C([2H])([2H])c1c[c-]c(-c2ccc(C([2H])([2H])[2H])cn2)cc1.[2H]C([2H])([2H])c1cnc(-c2[c-]cccc2)cc1-c1cccc2ccccc12.[Ir]. The van der Waals surface area contributed by atoms with Gasteiger partial charge in [0.1, 0.15) is 0 Å². The Kier molecular flexibility index (Phi) is 5.81. The normalized spacial score (nSPS) is 14.8. The Bertz CT molecular complexity index is 1870. The van der Waals surface area contributed by atoms with Crippen LogP contribution in [0.2, 0.25) is 0 Å². The molecule has 1 radical (unpaired) electrons. The van der Waals surface area contributed by atoms with E-state index in [4.69, 9.17) is 12.3 Å². The first kappa shape index (κ1) is 17.6. The molecule has 6 rings (SSSR count). The number of pyridine rings is 2. The van der Waals surface area contributed by atoms with Crippen molar-refractivity contribution in [3.63, 3.8) is 0 Å². The van der Waals surface area contributed by atoms with Gasteiger partial charge in [-0.2, -0.15) is 0 Å². The van der Waals surface area contributed by atoms with Crippen LogP contribution in [0.3, 0.4) is 0 Å². The molecule has 0 unspecified atom stereocenters. The minimum absolute atomic E-state index is 0. The molecule has 0 spiro atoms. The number of fused-ring (bicyclic) bond motifs is 1. The van der Waals surface area contributed by atoms with Crippen LogP contribution >= 0.6 is 0 Å². The molecule has 4 aromatic carbocycles. The maximum Gasteiger partial charge on any atom is 0.0280 e. The molecule has 0 amide bonds. The third-order valence-corrected chi connectivity index (χ3v) is 5.82. The van der Waals surface area contributed by atoms with Crippen LogP contribution in [0.25, 0.3) is 44.4 Å². The van der Waals surface area contributed by atoms with E-state index in [1.165, 1.54) is 30.6 Å². The van der Waals surface area contributed by atoms with Crippen LogP contribution in [0, 0.1) is 32.7 Å². The maximum atomic E-state index is 7.93. The Balaban J connectivity index is 0.000000216. The van der Waals surface area contributed by atoms with Gasteiger partial charge in [-0.25, -0.2) is 0 Å². The van der Waals surface area contributed by atoms with E-state index in [1.807, 2.05) is 72.8 Å². The van der Waals surface area contributed by atoms with Gasteiger partial charge in [-0.15, -0.1) is 71.3 Å². The van der Waals surface area contributed by atoms with E-state index in [-0.39, 0.29) is 36.8 Å². The predicted molar refractivity (Wildman–Crippen MR) is 154 cm³/mol. The summed E-state index contributed by atoms with van der Waals surface area (Å²) in [5, 5.41) is 2.10. The molecule has 2 aromatic heterocycles. The molecule has 0 aliphatic heterocycles. The van der Waals surface area contributed by atoms with Crippen molar-refractivity contribution >= 4 is 10.8 Å². The van der Waals surface area contributed by atoms with E-state index >= 15 is 0 Å². The molecule has 0 bridgehead atoms. The summed E-state index contributed by atoms with van der Waals surface area (Å²) in [5.74, 6) is 0. The van der Waals surface area contributed by atoms with Crippen molar-refractivity contribution < 1.29 is 32.4 Å². The molecule has 3 heteroatoms. The van der Waals surface area contributed by atoms with Crippen molar-refractivity contribution in [2.24, 2.45) is 0 Å². The van der Waals surface area contributed by atoms with Crippen molar-refractivity contribution in [2.45, 2.75) is 20.6 Å². The maximum absolute atomic E-state index is 7.93. The summed E-state index contributed by atoms with van der Waals surface area (Å²) < 4.78 is 67.4. The number of hydrogen-bond acceptors (Lipinski definition) is 2. The van der Waals surface area contributed by atoms with E-state index < -0.39 is 20.6 Å². The van der Waals surface area contributed by atoms with Gasteiger partial charge in [0.25, 0.3) is 0 Å². The van der Waals surface area contributed by atoms with E-state index in [1.54, 1.807) is 12.1 Å². The summed E-state index contributed by atoms with van der Waals surface area (Å²) in [7, 11) is 0. The van der Waals surface area contributed by atoms with Crippen LogP contribution < -0.4 is 0 Å². The summed E-state index contributed by atoms with van der Waals surface area (Å²) in [6.07, 6.45) is 2.77. The zero-order valence-corrected chi connectivity index (χ0v) is 22.6. The fourth-order valence-electron chi connectivity index (χ4n) is 3.98. The molecule has 0 aliphatic rings. The molecular formula is C35H28IrN2-2. The van der Waals surface area contributed by atoms with Crippen LogP contribution in [-0.2, 0) is 20.1 Å². The van der Waals surface area contributed by atoms with Gasteiger partial charge in [0.2, 0.25) is 0 Å². The molecule has 0 atom stereocenters. The summed E-state index contributed by atoms with van der Waals surface area (Å²) >= 11 is 0. The molecule has 189 valence electrons. The van der Waals surface area contributed by atoms with Gasteiger partial charge in [-0.1, -0.05) is 67.5 Å². The molecule has 0 saturated carbocycles. The Labute approximate surface area is 251 Å². The molecule has 0 saturated heterocycles. The van der Waals surface area contributed by atoms with Gasteiger partial charge in [-0.05, 0) is 58.1 Å². The molecule has 0 fully saturated rings. The van der Waals surface area contributed by atoms with Crippen molar-refractivity contribution in [3.05, 3.63) is 144 Å². The first-order chi connectivity index (χ1) is 21.7. The van der Waals surface area contributed by atoms with Crippen LogP contribution in [0.15, 0.2) is 116 Å². The summed E-state index contributed by atoms with van der Waals surface area (Å²) in [6.45, 7) is -6.58. The van der Waals surface area contributed by atoms with E-state index in [0.717, 1.165) is 21.9 Å². The van der Waals surface area contributed by atoms with Crippen LogP contribution in [0.1, 0.15) is 29.0 Å². The van der Waals surface area contributed by atoms with E-state index in [2.05, 4.69) is 22.1 Å². The van der Waals surface area contributed by atoms with Gasteiger partial charge in [0, 0.05) is 44.8 Å². The predicted octanol–water partition coefficient (Wildman–Crippen LogP) is 8.84. The van der Waals surface area contributed by atoms with Crippen molar-refractivity contribution in [1.82, 2.24) is 9.97 Å². The largest absolute Gasteiger partial charge is 0.304 e. The second-order valence-corrected chi connectivity index (χ2v) is 8.34. The number of nitrogens with zero attached hydrogens (tertiary/aromatic N) is 2. The fourth-order valence-corrected chi connectivity index (χ4v) is 3.98. The second kappa shape index (κ2) is 12.6. The molecule has 6 aromatic rings. The summed E-state index contributed by atoms with van der Waals surface area (Å²) in [5.41, 5.74) is 4.94. The first-order valence-corrected chi connectivity index (χ1v) is 11.7. The molecule has 0 N–H and O–H groups in total. The van der Waals surface area contributed by atoms with Crippen molar-refractivity contribution in [1.29, 1.82) is 0 Å². The monoisotopic (exact) mass is 678 g/mol. The van der Waals surface area contributed by atoms with Crippen molar-refractivity contribution in [2.75, 3.05) is 0 Å². The minimum Gasteiger partial charge on any atom is -0.304 e. The summed E-state index contributed by atoms with van der Waals surface area (Å²) in [6, 6.07) is 37.0. The van der Waals surface area contributed by atoms with E-state index in [9.17, 15) is 0 Å².